The third kappa shape index (κ3) is 16.4. The first-order valence-corrected chi connectivity index (χ1v) is 28.1. The zero-order chi connectivity index (χ0) is 51.4. The number of allylic oxidation sites excluding steroid dienone is 6. The number of fused-ring (bicyclic) bond motifs is 3. The van der Waals surface area contributed by atoms with Gasteiger partial charge in [0.1, 0.15) is 37.4 Å². The van der Waals surface area contributed by atoms with E-state index in [9.17, 15) is 39.1 Å². The Balaban J connectivity index is 1.70. The summed E-state index contributed by atoms with van der Waals surface area (Å²) in [7, 11) is 2.11. The van der Waals surface area contributed by atoms with Gasteiger partial charge in [-0.3, -0.25) is 24.0 Å². The molecular formula is C54H87NO13P+. The van der Waals surface area contributed by atoms with Gasteiger partial charge in [-0.05, 0) is 113 Å². The average molecular weight is 989 g/mol. The average Bonchev–Trinajstić information content (AvgIpc) is 3.30. The maximum absolute atomic E-state index is 14.7. The highest BCUT2D eigenvalue weighted by molar-refractivity contribution is 7.64. The van der Waals surface area contributed by atoms with Crippen molar-refractivity contribution in [1.82, 2.24) is 4.90 Å². The summed E-state index contributed by atoms with van der Waals surface area (Å²) < 4.78 is 29.6. The molecule has 3 heterocycles. The van der Waals surface area contributed by atoms with E-state index < -0.39 is 79.3 Å². The number of carbonyl (C=O) groups excluding carboxylic acids is 5. The van der Waals surface area contributed by atoms with E-state index in [2.05, 4.69) is 0 Å². The van der Waals surface area contributed by atoms with Crippen molar-refractivity contribution in [2.45, 2.75) is 180 Å². The van der Waals surface area contributed by atoms with Crippen LogP contribution in [0.25, 0.3) is 0 Å². The van der Waals surface area contributed by atoms with Gasteiger partial charge in [-0.1, -0.05) is 71.1 Å². The van der Waals surface area contributed by atoms with Gasteiger partial charge in [-0.25, -0.2) is 9.42 Å². The molecule has 1 saturated carbocycles. The smallest absolute Gasteiger partial charge is 0.296 e. The number of ether oxygens (including phenoxy) is 4. The van der Waals surface area contributed by atoms with E-state index in [1.807, 2.05) is 58.1 Å². The summed E-state index contributed by atoms with van der Waals surface area (Å²) in [4.78, 5) is 83.3. The van der Waals surface area contributed by atoms with Gasteiger partial charge in [-0.2, -0.15) is 0 Å². The number of piperidine rings is 1. The SMILES string of the molecule is COC1C(=O)C(C)C[C@H](C)/C=C/C=C/C=C(\C)[C@@H](OC)C[C@@H]2CC[C@@H](C)[C@@](O)(O2)C(=O)C(=O)N2CCCC[C@H]2C(=O)C[C@H](C(C)CC2CC[C@@H](O[P+](C)(C)O)[C@H](OC)C2)CC(=O)[C@H](C)/C=C(\C)[C@H]1O. The molecule has 4 unspecified atom stereocenters. The van der Waals surface area contributed by atoms with Crippen LogP contribution in [0.1, 0.15) is 132 Å². The molecule has 15 heteroatoms. The quantitative estimate of drug-likeness (QED) is 0.121. The van der Waals surface area contributed by atoms with Crippen LogP contribution in [-0.2, 0) is 47.4 Å². The minimum absolute atomic E-state index is 0.0195. The van der Waals surface area contributed by atoms with Crippen molar-refractivity contribution in [2.24, 2.45) is 41.4 Å². The zero-order valence-electron chi connectivity index (χ0n) is 43.8. The molecular weight excluding hydrogens is 902 g/mol. The van der Waals surface area contributed by atoms with Crippen LogP contribution in [0.5, 0.6) is 0 Å². The second kappa shape index (κ2) is 26.8. The van der Waals surface area contributed by atoms with Gasteiger partial charge in [0.25, 0.3) is 19.4 Å². The number of aliphatic hydroxyl groups excluding tert-OH is 1. The molecule has 2 bridgehead atoms. The number of rotatable bonds is 8. The number of nitrogens with zero attached hydrogens (tertiary/aromatic N) is 1. The van der Waals surface area contributed by atoms with Crippen molar-refractivity contribution in [2.75, 3.05) is 41.2 Å². The number of aliphatic hydroxyl groups is 2. The summed E-state index contributed by atoms with van der Waals surface area (Å²) in [6.45, 7) is 16.5. The van der Waals surface area contributed by atoms with E-state index in [0.29, 0.717) is 69.8 Å². The van der Waals surface area contributed by atoms with Crippen LogP contribution >= 0.6 is 7.72 Å². The second-order valence-electron chi connectivity index (χ2n) is 21.4. The summed E-state index contributed by atoms with van der Waals surface area (Å²) in [5, 5.41) is 23.5. The number of hydrogen-bond acceptors (Lipinski definition) is 13. The number of carbonyl (C=O) groups is 5. The van der Waals surface area contributed by atoms with E-state index in [1.54, 1.807) is 54.4 Å². The molecule has 0 spiro atoms. The van der Waals surface area contributed by atoms with Crippen LogP contribution in [0, 0.1) is 41.4 Å². The van der Waals surface area contributed by atoms with E-state index in [-0.39, 0.29) is 66.7 Å². The number of methoxy groups -OCH3 is 3. The van der Waals surface area contributed by atoms with Gasteiger partial charge in [-0.15, -0.1) is 0 Å². The van der Waals surface area contributed by atoms with Gasteiger partial charge in [0.15, 0.2) is 11.6 Å². The molecule has 4 aliphatic rings. The van der Waals surface area contributed by atoms with Gasteiger partial charge in [0.2, 0.25) is 5.79 Å². The molecule has 0 aromatic carbocycles. The van der Waals surface area contributed by atoms with E-state index >= 15 is 0 Å². The third-order valence-corrected chi connectivity index (χ3v) is 16.2. The Bertz CT molecular complexity index is 1870. The fourth-order valence-corrected chi connectivity index (χ4v) is 11.9. The Hall–Kier alpha value is -2.78. The summed E-state index contributed by atoms with van der Waals surface area (Å²) >= 11 is 0. The fraction of sp³-hybridized carbons (Fsp3) is 0.759. The highest BCUT2D eigenvalue weighted by Crippen LogP contribution is 2.51. The molecule has 0 aromatic heterocycles. The summed E-state index contributed by atoms with van der Waals surface area (Å²) in [5.74, 6) is -7.21. The molecule has 3 fully saturated rings. The van der Waals surface area contributed by atoms with Crippen LogP contribution in [0.4, 0.5) is 0 Å². The number of amides is 1. The topological polar surface area (TPSA) is 195 Å². The molecule has 1 aliphatic carbocycles. The highest BCUT2D eigenvalue weighted by Gasteiger charge is 2.53. The molecule has 0 aromatic rings. The number of ketones is 4. The van der Waals surface area contributed by atoms with Crippen molar-refractivity contribution in [3.05, 3.63) is 47.6 Å². The van der Waals surface area contributed by atoms with Crippen molar-refractivity contribution in [3.8, 4) is 0 Å². The largest absolute Gasteiger partial charge is 0.386 e. The molecule has 4 rings (SSSR count). The van der Waals surface area contributed by atoms with Crippen molar-refractivity contribution >= 4 is 36.8 Å². The Morgan fingerprint density at radius 3 is 2.17 bits per heavy atom. The van der Waals surface area contributed by atoms with Crippen LogP contribution < -0.4 is 0 Å². The lowest BCUT2D eigenvalue weighted by molar-refractivity contribution is -0.265. The van der Waals surface area contributed by atoms with Gasteiger partial charge < -0.3 is 34.1 Å². The molecule has 3 N–H and O–H groups in total. The number of Topliss-reactive ketones (excluding diaryl/α,β-unsaturated/α-hetero) is 4. The fourth-order valence-electron chi connectivity index (χ4n) is 11.0. The Morgan fingerprint density at radius 2 is 1.52 bits per heavy atom. The standard InChI is InChI=1S/C54H87NO13P/c1-33-18-14-13-15-19-34(2)47(64-8)32-42-23-21-39(7)54(62,67-42)52(60)53(61)55-25-17-16-20-43(55)45(57)31-41(35(3)28-40-22-24-46(48(29-40)65-9)68-69(11,12)63)30-44(56)36(4)27-38(6)50(59)51(66-10)49(58)37(5)26-33/h13-15,18-19,27,33,35-37,39-43,46-48,50-51,59,62-63H,16-17,20-26,28-32H2,1-12H3/q+1/b15-13+,18-14+,34-19+,38-27+/t33-,35?,36-,37?,39-,40?,41-,42+,43+,46-,47+,48-,50-,51?,54-/m1/s1. The molecule has 15 atom stereocenters. The van der Waals surface area contributed by atoms with Gasteiger partial charge >= 0.3 is 0 Å². The van der Waals surface area contributed by atoms with E-state index in [4.69, 9.17) is 23.5 Å². The Morgan fingerprint density at radius 1 is 0.826 bits per heavy atom. The maximum Gasteiger partial charge on any atom is 0.296 e. The lowest BCUT2D eigenvalue weighted by Gasteiger charge is -2.43. The molecule has 2 saturated heterocycles. The Labute approximate surface area is 413 Å². The number of hydrogen-bond donors (Lipinski definition) is 3. The van der Waals surface area contributed by atoms with Gasteiger partial charge in [0.05, 0.1) is 24.4 Å². The van der Waals surface area contributed by atoms with Crippen LogP contribution in [0.15, 0.2) is 47.6 Å². The van der Waals surface area contributed by atoms with Gasteiger partial charge in [0, 0.05) is 64.9 Å². The summed E-state index contributed by atoms with van der Waals surface area (Å²) in [5.41, 5.74) is 1.32. The molecule has 14 nitrogen and oxygen atoms in total. The van der Waals surface area contributed by atoms with Crippen LogP contribution in [-0.4, -0.2) is 139 Å². The third-order valence-electron chi connectivity index (χ3n) is 15.4. The minimum atomic E-state index is -2.52. The van der Waals surface area contributed by atoms with Crippen molar-refractivity contribution < 1.29 is 62.6 Å². The zero-order valence-corrected chi connectivity index (χ0v) is 44.7. The predicted molar refractivity (Wildman–Crippen MR) is 268 cm³/mol. The Kier molecular flexibility index (Phi) is 22.8. The normalized spacial score (nSPS) is 39.1. The minimum Gasteiger partial charge on any atom is -0.386 e. The highest BCUT2D eigenvalue weighted by atomic mass is 31.2. The van der Waals surface area contributed by atoms with Crippen molar-refractivity contribution in [1.29, 1.82) is 0 Å². The first-order chi connectivity index (χ1) is 32.4. The van der Waals surface area contributed by atoms with Crippen LogP contribution in [0.3, 0.4) is 0 Å². The van der Waals surface area contributed by atoms with Crippen molar-refractivity contribution in [3.63, 3.8) is 0 Å². The molecule has 1 amide bonds. The molecule has 0 radical (unpaired) electrons. The molecule has 390 valence electrons. The monoisotopic (exact) mass is 989 g/mol. The molecule has 3 aliphatic heterocycles. The predicted octanol–water partition coefficient (Wildman–Crippen LogP) is 7.97. The first-order valence-electron chi connectivity index (χ1n) is 25.5. The second-order valence-corrected chi connectivity index (χ2v) is 24.2. The maximum atomic E-state index is 14.7. The lowest BCUT2D eigenvalue weighted by atomic mass is 9.74. The van der Waals surface area contributed by atoms with E-state index in [1.165, 1.54) is 12.0 Å². The first kappa shape index (κ1) is 58.8. The summed E-state index contributed by atoms with van der Waals surface area (Å²) in [6, 6.07) is -0.929. The summed E-state index contributed by atoms with van der Waals surface area (Å²) in [6.07, 6.45) is 13.7. The lowest BCUT2D eigenvalue weighted by Crippen LogP contribution is -2.60. The molecule has 69 heavy (non-hydrogen) atoms. The van der Waals surface area contributed by atoms with Crippen LogP contribution in [0.2, 0.25) is 0 Å². The van der Waals surface area contributed by atoms with E-state index in [0.717, 1.165) is 12.0 Å².